The van der Waals surface area contributed by atoms with Gasteiger partial charge in [-0.15, -0.1) is 33.6 Å². The molecule has 0 saturated heterocycles. The quantitative estimate of drug-likeness (QED) is 0.613. The minimum absolute atomic E-state index is 0.0951. The summed E-state index contributed by atoms with van der Waals surface area (Å²) < 4.78 is 36.4. The Kier molecular flexibility index (Phi) is 4.21. The normalized spacial score (nSPS) is 13.9. The molecule has 84 valence electrons. The molecule has 0 saturated carbocycles. The van der Waals surface area contributed by atoms with E-state index in [2.05, 4.69) is 10.2 Å². The number of aromatic nitrogens is 2. The maximum absolute atomic E-state index is 12.1. The lowest BCUT2D eigenvalue weighted by molar-refractivity contribution is -0.141. The maximum atomic E-state index is 12.1. The van der Waals surface area contributed by atoms with E-state index in [1.165, 1.54) is 17.8 Å². The third kappa shape index (κ3) is 3.87. The lowest BCUT2D eigenvalue weighted by Crippen LogP contribution is -2.09. The van der Waals surface area contributed by atoms with E-state index in [0.717, 1.165) is 6.07 Å². The molecule has 1 aromatic heterocycles. The van der Waals surface area contributed by atoms with E-state index in [-0.39, 0.29) is 5.25 Å². The lowest BCUT2D eigenvalue weighted by atomic mass is 10.4. The first kappa shape index (κ1) is 12.6. The van der Waals surface area contributed by atoms with Crippen molar-refractivity contribution in [2.24, 2.45) is 0 Å². The molecule has 7 heteroatoms. The summed E-state index contributed by atoms with van der Waals surface area (Å²) in [5.74, 6) is 0.410. The fraction of sp³-hybridized carbons (Fsp3) is 0.500. The average molecular weight is 257 g/mol. The second-order valence-electron chi connectivity index (χ2n) is 2.84. The highest BCUT2D eigenvalue weighted by atomic mass is 35.5. The first-order valence-electron chi connectivity index (χ1n) is 4.07. The minimum atomic E-state index is -4.44. The Morgan fingerprint density at radius 3 is 2.47 bits per heavy atom. The van der Waals surface area contributed by atoms with Crippen molar-refractivity contribution in [2.45, 2.75) is 23.4 Å². The molecule has 1 aromatic rings. The zero-order valence-corrected chi connectivity index (χ0v) is 9.33. The van der Waals surface area contributed by atoms with E-state index in [1.54, 1.807) is 0 Å². The molecule has 1 unspecified atom stereocenters. The van der Waals surface area contributed by atoms with Crippen LogP contribution in [0, 0.1) is 0 Å². The van der Waals surface area contributed by atoms with Crippen LogP contribution in [0.25, 0.3) is 0 Å². The Balaban J connectivity index is 2.73. The number of rotatable bonds is 3. The predicted molar refractivity (Wildman–Crippen MR) is 53.1 cm³/mol. The molecular formula is C8H8ClF3N2S. The summed E-state index contributed by atoms with van der Waals surface area (Å²) in [6.45, 7) is 1.86. The Bertz CT molecular complexity index is 315. The van der Waals surface area contributed by atoms with Gasteiger partial charge in [0.25, 0.3) is 0 Å². The summed E-state index contributed by atoms with van der Waals surface area (Å²) >= 11 is 6.85. The third-order valence-corrected chi connectivity index (χ3v) is 3.14. The second kappa shape index (κ2) is 5.03. The van der Waals surface area contributed by atoms with E-state index < -0.39 is 11.9 Å². The highest BCUT2D eigenvalue weighted by molar-refractivity contribution is 7.99. The van der Waals surface area contributed by atoms with Gasteiger partial charge < -0.3 is 0 Å². The number of hydrogen-bond donors (Lipinski definition) is 0. The Hall–Kier alpha value is -0.490. The van der Waals surface area contributed by atoms with E-state index >= 15 is 0 Å². The van der Waals surface area contributed by atoms with Crippen LogP contribution in [0.3, 0.4) is 0 Å². The summed E-state index contributed by atoms with van der Waals surface area (Å²) in [5.41, 5.74) is -0.981. The smallest absolute Gasteiger partial charge is 0.164 e. The van der Waals surface area contributed by atoms with Crippen molar-refractivity contribution in [1.82, 2.24) is 10.2 Å². The van der Waals surface area contributed by atoms with Gasteiger partial charge in [-0.05, 0) is 12.1 Å². The molecule has 0 N–H and O–H groups in total. The average Bonchev–Trinajstić information content (AvgIpc) is 2.17. The summed E-state index contributed by atoms with van der Waals surface area (Å²) in [5, 5.41) is 7.10. The molecule has 0 spiro atoms. The van der Waals surface area contributed by atoms with Crippen LogP contribution in [0.5, 0.6) is 0 Å². The minimum Gasteiger partial charge on any atom is -0.164 e. The van der Waals surface area contributed by atoms with Crippen molar-refractivity contribution in [3.05, 3.63) is 17.8 Å². The number of halogens is 4. The highest BCUT2D eigenvalue weighted by Crippen LogP contribution is 2.28. The summed E-state index contributed by atoms with van der Waals surface area (Å²) in [4.78, 5) is 0. The molecule has 0 fully saturated rings. The van der Waals surface area contributed by atoms with Crippen LogP contribution < -0.4 is 0 Å². The zero-order chi connectivity index (χ0) is 11.5. The predicted octanol–water partition coefficient (Wildman–Crippen LogP) is 3.21. The molecule has 0 aromatic carbocycles. The topological polar surface area (TPSA) is 25.8 Å². The van der Waals surface area contributed by atoms with Crippen molar-refractivity contribution in [1.29, 1.82) is 0 Å². The molecule has 0 radical (unpaired) electrons. The van der Waals surface area contributed by atoms with Crippen molar-refractivity contribution in [2.75, 3.05) is 5.88 Å². The SMILES string of the molecule is CC(CCl)Sc1ccc(C(F)(F)F)nn1. The molecule has 1 heterocycles. The monoisotopic (exact) mass is 256 g/mol. The molecule has 0 aliphatic carbocycles. The Morgan fingerprint density at radius 2 is 2.07 bits per heavy atom. The van der Waals surface area contributed by atoms with Gasteiger partial charge in [0.2, 0.25) is 0 Å². The second-order valence-corrected chi connectivity index (χ2v) is 4.60. The van der Waals surface area contributed by atoms with Crippen molar-refractivity contribution in [3.63, 3.8) is 0 Å². The van der Waals surface area contributed by atoms with Crippen molar-refractivity contribution in [3.8, 4) is 0 Å². The van der Waals surface area contributed by atoms with Gasteiger partial charge in [-0.1, -0.05) is 6.92 Å². The zero-order valence-electron chi connectivity index (χ0n) is 7.75. The van der Waals surface area contributed by atoms with Gasteiger partial charge in [-0.2, -0.15) is 13.2 Å². The first-order chi connectivity index (χ1) is 6.93. The Morgan fingerprint density at radius 1 is 1.40 bits per heavy atom. The van der Waals surface area contributed by atoms with Crippen molar-refractivity contribution < 1.29 is 13.2 Å². The molecule has 1 rings (SSSR count). The van der Waals surface area contributed by atoms with Crippen LogP contribution in [0.1, 0.15) is 12.6 Å². The van der Waals surface area contributed by atoms with Gasteiger partial charge in [0.1, 0.15) is 5.03 Å². The lowest BCUT2D eigenvalue weighted by Gasteiger charge is -2.07. The van der Waals surface area contributed by atoms with Crippen LogP contribution in [-0.2, 0) is 6.18 Å². The summed E-state index contributed by atoms with van der Waals surface area (Å²) in [6, 6.07) is 2.21. The van der Waals surface area contributed by atoms with Crippen LogP contribution in [0.4, 0.5) is 13.2 Å². The van der Waals surface area contributed by atoms with E-state index in [0.29, 0.717) is 10.9 Å². The van der Waals surface area contributed by atoms with Crippen LogP contribution in [-0.4, -0.2) is 21.3 Å². The number of nitrogens with zero attached hydrogens (tertiary/aromatic N) is 2. The molecule has 1 atom stereocenters. The van der Waals surface area contributed by atoms with Gasteiger partial charge in [0, 0.05) is 11.1 Å². The fourth-order valence-corrected chi connectivity index (χ4v) is 1.67. The molecule has 0 bridgehead atoms. The molecule has 0 amide bonds. The molecular weight excluding hydrogens is 249 g/mol. The van der Waals surface area contributed by atoms with Crippen molar-refractivity contribution >= 4 is 23.4 Å². The maximum Gasteiger partial charge on any atom is 0.435 e. The van der Waals surface area contributed by atoms with Gasteiger partial charge in [0.05, 0.1) is 0 Å². The van der Waals surface area contributed by atoms with E-state index in [9.17, 15) is 13.2 Å². The van der Waals surface area contributed by atoms with E-state index in [1.807, 2.05) is 6.92 Å². The molecule has 0 aliphatic heterocycles. The van der Waals surface area contributed by atoms with E-state index in [4.69, 9.17) is 11.6 Å². The van der Waals surface area contributed by atoms with Crippen LogP contribution >= 0.6 is 23.4 Å². The standard InChI is InChI=1S/C8H8ClF3N2S/c1-5(4-9)15-7-3-2-6(13-14-7)8(10,11)12/h2-3,5H,4H2,1H3. The van der Waals surface area contributed by atoms with Gasteiger partial charge in [0.15, 0.2) is 5.69 Å². The third-order valence-electron chi connectivity index (χ3n) is 1.47. The van der Waals surface area contributed by atoms with Crippen LogP contribution in [0.2, 0.25) is 0 Å². The number of alkyl halides is 4. The Labute approximate surface area is 94.2 Å². The fourth-order valence-electron chi connectivity index (χ4n) is 0.772. The van der Waals surface area contributed by atoms with Gasteiger partial charge in [-0.25, -0.2) is 0 Å². The summed E-state index contributed by atoms with van der Waals surface area (Å²) in [6.07, 6.45) is -4.44. The van der Waals surface area contributed by atoms with Crippen LogP contribution in [0.15, 0.2) is 17.2 Å². The summed E-state index contributed by atoms with van der Waals surface area (Å²) in [7, 11) is 0. The molecule has 0 aliphatic rings. The number of thioether (sulfide) groups is 1. The van der Waals surface area contributed by atoms with Gasteiger partial charge >= 0.3 is 6.18 Å². The highest BCUT2D eigenvalue weighted by Gasteiger charge is 2.32. The van der Waals surface area contributed by atoms with Gasteiger partial charge in [-0.3, -0.25) is 0 Å². The largest absolute Gasteiger partial charge is 0.435 e. The molecule has 15 heavy (non-hydrogen) atoms. The molecule has 2 nitrogen and oxygen atoms in total. The number of hydrogen-bond acceptors (Lipinski definition) is 3. The first-order valence-corrected chi connectivity index (χ1v) is 5.48.